The summed E-state index contributed by atoms with van der Waals surface area (Å²) in [5.41, 5.74) is 0. The first-order chi connectivity index (χ1) is 27.0. The predicted octanol–water partition coefficient (Wildman–Crippen LogP) is 14.5. The average molecular weight is 769 g/mol. The van der Waals surface area contributed by atoms with Crippen molar-refractivity contribution in [3.63, 3.8) is 0 Å². The number of allylic oxidation sites excluding steroid dienone is 10. The Kier molecular flexibility index (Phi) is 41.5. The Morgan fingerprint density at radius 1 is 0.382 bits per heavy atom. The van der Waals surface area contributed by atoms with E-state index in [1.165, 1.54) is 77.0 Å². The van der Waals surface area contributed by atoms with Crippen LogP contribution in [0.1, 0.15) is 213 Å². The summed E-state index contributed by atoms with van der Waals surface area (Å²) in [6, 6.07) is 0. The van der Waals surface area contributed by atoms with E-state index in [-0.39, 0.29) is 31.1 Å². The Labute approximate surface area is 339 Å². The summed E-state index contributed by atoms with van der Waals surface area (Å²) in [5.74, 6) is -0.924. The van der Waals surface area contributed by atoms with Crippen LogP contribution in [0.25, 0.3) is 0 Å². The van der Waals surface area contributed by atoms with Crippen LogP contribution in [0.5, 0.6) is 0 Å². The topological polar surface area (TPSA) is 78.9 Å². The third kappa shape index (κ3) is 42.1. The highest BCUT2D eigenvalue weighted by atomic mass is 16.6. The number of unbranched alkanes of at least 4 members (excludes halogenated alkanes) is 19. The summed E-state index contributed by atoms with van der Waals surface area (Å²) in [4.78, 5) is 37.6. The number of esters is 3. The minimum atomic E-state index is -0.780. The van der Waals surface area contributed by atoms with Crippen molar-refractivity contribution in [2.24, 2.45) is 0 Å². The lowest BCUT2D eigenvalue weighted by molar-refractivity contribution is -0.167. The number of hydrogen-bond acceptors (Lipinski definition) is 6. The molecule has 0 aliphatic carbocycles. The van der Waals surface area contributed by atoms with Gasteiger partial charge in [-0.25, -0.2) is 0 Å². The van der Waals surface area contributed by atoms with Gasteiger partial charge in [-0.05, 0) is 64.2 Å². The molecule has 0 unspecified atom stereocenters. The number of carbonyl (C=O) groups excluding carboxylic acids is 3. The van der Waals surface area contributed by atoms with Gasteiger partial charge in [0.2, 0.25) is 0 Å². The molecule has 0 amide bonds. The smallest absolute Gasteiger partial charge is 0.306 e. The molecule has 55 heavy (non-hydrogen) atoms. The molecular weight excluding hydrogens is 685 g/mol. The highest BCUT2D eigenvalue weighted by molar-refractivity contribution is 5.71. The molecule has 0 spiro atoms. The number of carbonyl (C=O) groups is 3. The van der Waals surface area contributed by atoms with Gasteiger partial charge < -0.3 is 14.2 Å². The SMILES string of the molecule is CC/C=C\C/C=C\C/C=C\C/C=C\C/C=C\CCCCCC(=O)OC[C@@H](COC(=O)CCCCCCCCCCC)OC(=O)CCCCCCCCCCC. The van der Waals surface area contributed by atoms with Crippen LogP contribution in [0.4, 0.5) is 0 Å². The predicted molar refractivity (Wildman–Crippen MR) is 233 cm³/mol. The molecular formula is C49H84O6. The zero-order chi connectivity index (χ0) is 40.1. The van der Waals surface area contributed by atoms with E-state index < -0.39 is 6.10 Å². The van der Waals surface area contributed by atoms with Crippen molar-refractivity contribution in [1.29, 1.82) is 0 Å². The second-order valence-electron chi connectivity index (χ2n) is 14.9. The highest BCUT2D eigenvalue weighted by Crippen LogP contribution is 2.14. The average Bonchev–Trinajstić information content (AvgIpc) is 3.18. The van der Waals surface area contributed by atoms with Crippen molar-refractivity contribution in [1.82, 2.24) is 0 Å². The lowest BCUT2D eigenvalue weighted by Crippen LogP contribution is -2.30. The summed E-state index contributed by atoms with van der Waals surface area (Å²) >= 11 is 0. The summed E-state index contributed by atoms with van der Waals surface area (Å²) in [6.45, 7) is 6.44. The van der Waals surface area contributed by atoms with Crippen molar-refractivity contribution in [3.05, 3.63) is 60.8 Å². The van der Waals surface area contributed by atoms with Crippen molar-refractivity contribution in [2.75, 3.05) is 13.2 Å². The monoisotopic (exact) mass is 769 g/mol. The molecule has 0 bridgehead atoms. The maximum Gasteiger partial charge on any atom is 0.306 e. The molecule has 0 N–H and O–H groups in total. The maximum absolute atomic E-state index is 12.6. The quantitative estimate of drug-likeness (QED) is 0.0267. The Bertz CT molecular complexity index is 1020. The lowest BCUT2D eigenvalue weighted by Gasteiger charge is -2.18. The van der Waals surface area contributed by atoms with Gasteiger partial charge in [0.05, 0.1) is 0 Å². The van der Waals surface area contributed by atoms with Gasteiger partial charge in [-0.2, -0.15) is 0 Å². The first-order valence-electron chi connectivity index (χ1n) is 22.8. The van der Waals surface area contributed by atoms with Gasteiger partial charge in [0, 0.05) is 19.3 Å². The van der Waals surface area contributed by atoms with Crippen LogP contribution in [0.3, 0.4) is 0 Å². The fourth-order valence-electron chi connectivity index (χ4n) is 6.11. The second kappa shape index (κ2) is 43.8. The Balaban J connectivity index is 4.35. The van der Waals surface area contributed by atoms with E-state index in [1.54, 1.807) is 0 Å². The minimum Gasteiger partial charge on any atom is -0.462 e. The van der Waals surface area contributed by atoms with Crippen LogP contribution in [0, 0.1) is 0 Å². The summed E-state index contributed by atoms with van der Waals surface area (Å²) < 4.78 is 16.6. The van der Waals surface area contributed by atoms with Crippen LogP contribution < -0.4 is 0 Å². The van der Waals surface area contributed by atoms with Crippen LogP contribution in [0.2, 0.25) is 0 Å². The van der Waals surface area contributed by atoms with E-state index in [2.05, 4.69) is 81.5 Å². The molecule has 0 aromatic carbocycles. The first kappa shape index (κ1) is 52.1. The third-order valence-corrected chi connectivity index (χ3v) is 9.54. The van der Waals surface area contributed by atoms with Gasteiger partial charge in [0.1, 0.15) is 13.2 Å². The molecule has 0 aliphatic rings. The normalized spacial score (nSPS) is 12.6. The molecule has 0 saturated heterocycles. The van der Waals surface area contributed by atoms with E-state index in [9.17, 15) is 14.4 Å². The molecule has 0 radical (unpaired) electrons. The minimum absolute atomic E-state index is 0.0830. The molecule has 0 fully saturated rings. The van der Waals surface area contributed by atoms with E-state index >= 15 is 0 Å². The largest absolute Gasteiger partial charge is 0.462 e. The fourth-order valence-corrected chi connectivity index (χ4v) is 6.11. The maximum atomic E-state index is 12.6. The third-order valence-electron chi connectivity index (χ3n) is 9.54. The molecule has 0 aromatic rings. The number of ether oxygens (including phenoxy) is 3. The second-order valence-corrected chi connectivity index (χ2v) is 14.9. The summed E-state index contributed by atoms with van der Waals surface area (Å²) in [5, 5.41) is 0. The van der Waals surface area contributed by atoms with Gasteiger partial charge >= 0.3 is 17.9 Å². The van der Waals surface area contributed by atoms with E-state index in [0.717, 1.165) is 96.3 Å². The van der Waals surface area contributed by atoms with E-state index in [1.807, 2.05) is 0 Å². The molecule has 1 atom stereocenters. The zero-order valence-electron chi connectivity index (χ0n) is 35.9. The molecule has 0 saturated carbocycles. The van der Waals surface area contributed by atoms with Crippen LogP contribution in [-0.2, 0) is 28.6 Å². The number of hydrogen-bond donors (Lipinski definition) is 0. The van der Waals surface area contributed by atoms with Crippen molar-refractivity contribution in [3.8, 4) is 0 Å². The van der Waals surface area contributed by atoms with Gasteiger partial charge in [-0.15, -0.1) is 0 Å². The summed E-state index contributed by atoms with van der Waals surface area (Å²) in [6.07, 6.45) is 52.1. The van der Waals surface area contributed by atoms with Crippen molar-refractivity contribution < 1.29 is 28.6 Å². The highest BCUT2D eigenvalue weighted by Gasteiger charge is 2.19. The first-order valence-corrected chi connectivity index (χ1v) is 22.8. The zero-order valence-corrected chi connectivity index (χ0v) is 35.9. The lowest BCUT2D eigenvalue weighted by atomic mass is 10.1. The van der Waals surface area contributed by atoms with Crippen molar-refractivity contribution in [2.45, 2.75) is 219 Å². The molecule has 6 heteroatoms. The van der Waals surface area contributed by atoms with E-state index in [4.69, 9.17) is 14.2 Å². The van der Waals surface area contributed by atoms with Gasteiger partial charge in [0.15, 0.2) is 6.10 Å². The van der Waals surface area contributed by atoms with Gasteiger partial charge in [-0.1, -0.05) is 191 Å². The molecule has 316 valence electrons. The molecule has 0 aliphatic heterocycles. The van der Waals surface area contributed by atoms with Crippen LogP contribution in [0.15, 0.2) is 60.8 Å². The molecule has 6 nitrogen and oxygen atoms in total. The number of rotatable bonds is 40. The molecule has 0 aromatic heterocycles. The van der Waals surface area contributed by atoms with Gasteiger partial charge in [-0.3, -0.25) is 14.4 Å². The van der Waals surface area contributed by atoms with Crippen LogP contribution in [-0.4, -0.2) is 37.2 Å². The Morgan fingerprint density at radius 3 is 1.11 bits per heavy atom. The molecule has 0 rings (SSSR count). The van der Waals surface area contributed by atoms with E-state index in [0.29, 0.717) is 19.3 Å². The van der Waals surface area contributed by atoms with Gasteiger partial charge in [0.25, 0.3) is 0 Å². The Morgan fingerprint density at radius 2 is 0.709 bits per heavy atom. The summed E-state index contributed by atoms with van der Waals surface area (Å²) in [7, 11) is 0. The fraction of sp³-hybridized carbons (Fsp3) is 0.735. The van der Waals surface area contributed by atoms with Crippen molar-refractivity contribution >= 4 is 17.9 Å². The Hall–Kier alpha value is -2.89. The molecule has 0 heterocycles. The standard InChI is InChI=1S/C49H84O6/c1-4-7-10-13-16-19-20-21-22-23-24-25-26-27-28-31-33-36-39-42-48(51)54-45-46(55-49(52)43-40-37-34-30-18-15-12-9-6-3)44-53-47(50)41-38-35-32-29-17-14-11-8-5-2/h7,10,16,19,21-22,24-25,27-28,46H,4-6,8-9,11-15,17-18,20,23,26,29-45H2,1-3H3/b10-7-,19-16-,22-21-,25-24-,28-27-/t46-/m1/s1. The van der Waals surface area contributed by atoms with Crippen LogP contribution >= 0.6 is 0 Å².